The maximum atomic E-state index is 5.77. The molecule has 0 fully saturated rings. The highest BCUT2D eigenvalue weighted by molar-refractivity contribution is 6.38. The standard InChI is InChI=1S/C9H7BO/c1-6-2-3-7-4-5-11-9(7)8(6)10/h2-5H,1H3. The first-order chi connectivity index (χ1) is 5.29. The van der Waals surface area contributed by atoms with Gasteiger partial charge in [0.05, 0.1) is 6.26 Å². The minimum atomic E-state index is 0.743. The molecule has 0 saturated carbocycles. The smallest absolute Gasteiger partial charge is 0.127 e. The summed E-state index contributed by atoms with van der Waals surface area (Å²) in [4.78, 5) is 0. The number of furan rings is 1. The van der Waals surface area contributed by atoms with Crippen molar-refractivity contribution in [3.63, 3.8) is 0 Å². The quantitative estimate of drug-likeness (QED) is 0.508. The average Bonchev–Trinajstić information content (AvgIpc) is 2.45. The van der Waals surface area contributed by atoms with Gasteiger partial charge in [-0.15, -0.1) is 0 Å². The van der Waals surface area contributed by atoms with Crippen molar-refractivity contribution in [3.05, 3.63) is 30.0 Å². The van der Waals surface area contributed by atoms with Crippen molar-refractivity contribution in [3.8, 4) is 0 Å². The fraction of sp³-hybridized carbons (Fsp3) is 0.111. The van der Waals surface area contributed by atoms with Crippen molar-refractivity contribution in [1.29, 1.82) is 0 Å². The third-order valence-electron chi connectivity index (χ3n) is 1.88. The predicted octanol–water partition coefficient (Wildman–Crippen LogP) is 1.54. The summed E-state index contributed by atoms with van der Waals surface area (Å²) in [6.45, 7) is 1.97. The number of aryl methyl sites for hydroxylation is 1. The molecule has 0 saturated heterocycles. The van der Waals surface area contributed by atoms with Crippen molar-refractivity contribution in [2.75, 3.05) is 0 Å². The minimum absolute atomic E-state index is 0.743. The molecule has 0 amide bonds. The maximum absolute atomic E-state index is 5.77. The van der Waals surface area contributed by atoms with E-state index in [1.165, 1.54) is 0 Å². The normalized spacial score (nSPS) is 10.6. The molecule has 0 aliphatic heterocycles. The Morgan fingerprint density at radius 1 is 1.27 bits per heavy atom. The number of hydrogen-bond acceptors (Lipinski definition) is 1. The molecule has 0 aliphatic carbocycles. The van der Waals surface area contributed by atoms with E-state index in [0.717, 1.165) is 22.0 Å². The van der Waals surface area contributed by atoms with E-state index >= 15 is 0 Å². The molecule has 2 rings (SSSR count). The van der Waals surface area contributed by atoms with Gasteiger partial charge in [-0.2, -0.15) is 0 Å². The highest BCUT2D eigenvalue weighted by Crippen LogP contribution is 2.13. The van der Waals surface area contributed by atoms with Gasteiger partial charge in [-0.3, -0.25) is 0 Å². The van der Waals surface area contributed by atoms with Crippen molar-refractivity contribution in [1.82, 2.24) is 0 Å². The molecule has 0 bridgehead atoms. The van der Waals surface area contributed by atoms with E-state index in [0.29, 0.717) is 0 Å². The number of benzene rings is 1. The van der Waals surface area contributed by atoms with Crippen molar-refractivity contribution < 1.29 is 4.42 Å². The molecule has 2 radical (unpaired) electrons. The Labute approximate surface area is 66.4 Å². The van der Waals surface area contributed by atoms with E-state index in [1.807, 2.05) is 25.1 Å². The zero-order valence-electron chi connectivity index (χ0n) is 6.29. The monoisotopic (exact) mass is 142 g/mol. The highest BCUT2D eigenvalue weighted by atomic mass is 16.3. The number of hydrogen-bond donors (Lipinski definition) is 0. The summed E-state index contributed by atoms with van der Waals surface area (Å²) in [6.07, 6.45) is 1.65. The van der Waals surface area contributed by atoms with Gasteiger partial charge < -0.3 is 4.42 Å². The third kappa shape index (κ3) is 0.863. The Hall–Kier alpha value is -1.18. The molecule has 0 atom stereocenters. The van der Waals surface area contributed by atoms with Gasteiger partial charge in [-0.25, -0.2) is 0 Å². The van der Waals surface area contributed by atoms with Gasteiger partial charge in [0.2, 0.25) is 0 Å². The molecule has 1 heterocycles. The first kappa shape index (κ1) is 6.53. The fourth-order valence-corrected chi connectivity index (χ4v) is 1.15. The van der Waals surface area contributed by atoms with Gasteiger partial charge in [0, 0.05) is 5.39 Å². The second-order valence-electron chi connectivity index (χ2n) is 2.64. The number of rotatable bonds is 0. The Morgan fingerprint density at radius 3 is 2.91 bits per heavy atom. The second-order valence-corrected chi connectivity index (χ2v) is 2.64. The molecular formula is C9H7BO. The van der Waals surface area contributed by atoms with Crippen LogP contribution in [0.1, 0.15) is 5.56 Å². The van der Waals surface area contributed by atoms with Crippen LogP contribution in [0.3, 0.4) is 0 Å². The van der Waals surface area contributed by atoms with Gasteiger partial charge in [0.15, 0.2) is 0 Å². The molecule has 1 nitrogen and oxygen atoms in total. The summed E-state index contributed by atoms with van der Waals surface area (Å²) < 4.78 is 5.20. The Kier molecular flexibility index (Phi) is 1.28. The lowest BCUT2D eigenvalue weighted by Gasteiger charge is -1.98. The van der Waals surface area contributed by atoms with Crippen LogP contribution in [0, 0.1) is 6.92 Å². The molecule has 2 aromatic rings. The Morgan fingerprint density at radius 2 is 2.09 bits per heavy atom. The molecule has 2 heteroatoms. The summed E-state index contributed by atoms with van der Waals surface area (Å²) in [7, 11) is 5.77. The molecule has 1 aromatic heterocycles. The van der Waals surface area contributed by atoms with Gasteiger partial charge in [-0.05, 0) is 13.0 Å². The van der Waals surface area contributed by atoms with Crippen LogP contribution in [0.4, 0.5) is 0 Å². The van der Waals surface area contributed by atoms with E-state index in [9.17, 15) is 0 Å². The zero-order chi connectivity index (χ0) is 7.84. The van der Waals surface area contributed by atoms with Crippen LogP contribution >= 0.6 is 0 Å². The van der Waals surface area contributed by atoms with Crippen LogP contribution in [0.15, 0.2) is 28.9 Å². The molecule has 0 N–H and O–H groups in total. The zero-order valence-corrected chi connectivity index (χ0v) is 6.29. The van der Waals surface area contributed by atoms with E-state index in [1.54, 1.807) is 6.26 Å². The Balaban J connectivity index is 2.93. The average molecular weight is 142 g/mol. The van der Waals surface area contributed by atoms with Crippen LogP contribution in [0.5, 0.6) is 0 Å². The van der Waals surface area contributed by atoms with E-state index < -0.39 is 0 Å². The minimum Gasteiger partial charge on any atom is -0.465 e. The largest absolute Gasteiger partial charge is 0.465 e. The molecule has 1 aromatic carbocycles. The lowest BCUT2D eigenvalue weighted by atomic mass is 9.90. The maximum Gasteiger partial charge on any atom is 0.127 e. The molecular weight excluding hydrogens is 135 g/mol. The lowest BCUT2D eigenvalue weighted by Crippen LogP contribution is -2.06. The SMILES string of the molecule is [B]c1c(C)ccc2ccoc12. The summed E-state index contributed by atoms with van der Waals surface area (Å²) in [5.41, 5.74) is 2.60. The first-order valence-corrected chi connectivity index (χ1v) is 3.51. The summed E-state index contributed by atoms with van der Waals surface area (Å²) in [5, 5.41) is 1.06. The summed E-state index contributed by atoms with van der Waals surface area (Å²) >= 11 is 0. The topological polar surface area (TPSA) is 13.1 Å². The molecule has 0 unspecified atom stereocenters. The van der Waals surface area contributed by atoms with Crippen molar-refractivity contribution in [2.24, 2.45) is 0 Å². The second kappa shape index (κ2) is 2.16. The predicted molar refractivity (Wildman–Crippen MR) is 46.3 cm³/mol. The highest BCUT2D eigenvalue weighted by Gasteiger charge is 2.00. The molecule has 52 valence electrons. The third-order valence-corrected chi connectivity index (χ3v) is 1.88. The van der Waals surface area contributed by atoms with E-state index in [4.69, 9.17) is 12.3 Å². The fourth-order valence-electron chi connectivity index (χ4n) is 1.15. The van der Waals surface area contributed by atoms with Crippen LogP contribution in [0.2, 0.25) is 0 Å². The van der Waals surface area contributed by atoms with Gasteiger partial charge >= 0.3 is 0 Å². The Bertz CT molecular complexity index is 389. The molecule has 0 spiro atoms. The van der Waals surface area contributed by atoms with Gasteiger partial charge in [-0.1, -0.05) is 23.2 Å². The van der Waals surface area contributed by atoms with Crippen molar-refractivity contribution >= 4 is 24.3 Å². The van der Waals surface area contributed by atoms with Crippen LogP contribution in [0.25, 0.3) is 11.0 Å². The van der Waals surface area contributed by atoms with Crippen molar-refractivity contribution in [2.45, 2.75) is 6.92 Å². The van der Waals surface area contributed by atoms with Crippen LogP contribution < -0.4 is 5.46 Å². The molecule has 0 aliphatic rings. The summed E-state index contributed by atoms with van der Waals surface area (Å²) in [6, 6.07) is 5.91. The first-order valence-electron chi connectivity index (χ1n) is 3.51. The van der Waals surface area contributed by atoms with Gasteiger partial charge in [0.1, 0.15) is 13.4 Å². The van der Waals surface area contributed by atoms with Gasteiger partial charge in [0.25, 0.3) is 0 Å². The lowest BCUT2D eigenvalue weighted by molar-refractivity contribution is 0.618. The van der Waals surface area contributed by atoms with Crippen LogP contribution in [-0.4, -0.2) is 7.85 Å². The number of fused-ring (bicyclic) bond motifs is 1. The van der Waals surface area contributed by atoms with E-state index in [-0.39, 0.29) is 0 Å². The van der Waals surface area contributed by atoms with E-state index in [2.05, 4.69) is 0 Å². The molecule has 11 heavy (non-hydrogen) atoms. The van der Waals surface area contributed by atoms with Crippen LogP contribution in [-0.2, 0) is 0 Å². The summed E-state index contributed by atoms with van der Waals surface area (Å²) in [5.74, 6) is 0.